The monoisotopic (exact) mass is 297 g/mol. The molecular weight excluding hydrogens is 274 g/mol. The molecule has 0 N–H and O–H groups in total. The second-order valence-electron chi connectivity index (χ2n) is 6.06. The molecule has 3 rings (SSSR count). The summed E-state index contributed by atoms with van der Waals surface area (Å²) in [5.74, 6) is 0.850. The van der Waals surface area contributed by atoms with Crippen LogP contribution in [-0.4, -0.2) is 30.5 Å². The molecule has 1 saturated carbocycles. The number of benzene rings is 2. The summed E-state index contributed by atoms with van der Waals surface area (Å²) in [4.78, 5) is 14.2. The minimum Gasteiger partial charge on any atom is -0.483 e. The second kappa shape index (κ2) is 6.82. The van der Waals surface area contributed by atoms with E-state index in [1.807, 2.05) is 42.3 Å². The van der Waals surface area contributed by atoms with E-state index in [1.54, 1.807) is 0 Å². The van der Waals surface area contributed by atoms with Crippen molar-refractivity contribution in [2.45, 2.75) is 38.1 Å². The Morgan fingerprint density at radius 3 is 2.64 bits per heavy atom. The highest BCUT2D eigenvalue weighted by molar-refractivity contribution is 5.88. The van der Waals surface area contributed by atoms with Crippen molar-refractivity contribution in [3.05, 3.63) is 42.5 Å². The number of amides is 1. The number of nitrogens with zero attached hydrogens (tertiary/aromatic N) is 1. The molecule has 1 aliphatic carbocycles. The molecule has 1 fully saturated rings. The van der Waals surface area contributed by atoms with Gasteiger partial charge in [-0.15, -0.1) is 0 Å². The molecule has 116 valence electrons. The third-order valence-corrected chi connectivity index (χ3v) is 4.62. The van der Waals surface area contributed by atoms with Crippen molar-refractivity contribution in [3.8, 4) is 5.75 Å². The van der Waals surface area contributed by atoms with Gasteiger partial charge >= 0.3 is 0 Å². The van der Waals surface area contributed by atoms with Crippen molar-refractivity contribution in [1.82, 2.24) is 4.90 Å². The summed E-state index contributed by atoms with van der Waals surface area (Å²) in [6.45, 7) is 0.112. The topological polar surface area (TPSA) is 29.5 Å². The summed E-state index contributed by atoms with van der Waals surface area (Å²) in [7, 11) is 1.91. The lowest BCUT2D eigenvalue weighted by molar-refractivity contribution is -0.134. The van der Waals surface area contributed by atoms with Crippen LogP contribution in [0.1, 0.15) is 32.1 Å². The van der Waals surface area contributed by atoms with E-state index in [0.29, 0.717) is 6.04 Å². The van der Waals surface area contributed by atoms with Gasteiger partial charge in [0, 0.05) is 18.5 Å². The van der Waals surface area contributed by atoms with Crippen LogP contribution in [0.2, 0.25) is 0 Å². The van der Waals surface area contributed by atoms with E-state index in [-0.39, 0.29) is 12.5 Å². The van der Waals surface area contributed by atoms with E-state index in [1.165, 1.54) is 19.3 Å². The molecule has 2 aromatic rings. The Bertz CT molecular complexity index is 641. The Morgan fingerprint density at radius 2 is 1.82 bits per heavy atom. The number of rotatable bonds is 4. The zero-order valence-corrected chi connectivity index (χ0v) is 13.1. The van der Waals surface area contributed by atoms with Gasteiger partial charge in [-0.25, -0.2) is 0 Å². The molecule has 3 heteroatoms. The average Bonchev–Trinajstić information content (AvgIpc) is 2.59. The van der Waals surface area contributed by atoms with Crippen LogP contribution in [0.25, 0.3) is 10.8 Å². The first kappa shape index (κ1) is 14.9. The normalized spacial score (nSPS) is 15.7. The summed E-state index contributed by atoms with van der Waals surface area (Å²) < 4.78 is 5.80. The number of carbonyl (C=O) groups excluding carboxylic acids is 1. The Kier molecular flexibility index (Phi) is 4.62. The van der Waals surface area contributed by atoms with Crippen molar-refractivity contribution in [1.29, 1.82) is 0 Å². The molecule has 0 saturated heterocycles. The van der Waals surface area contributed by atoms with Crippen LogP contribution in [0, 0.1) is 0 Å². The van der Waals surface area contributed by atoms with E-state index in [2.05, 4.69) is 12.1 Å². The zero-order chi connectivity index (χ0) is 15.4. The van der Waals surface area contributed by atoms with Gasteiger partial charge in [-0.2, -0.15) is 0 Å². The highest BCUT2D eigenvalue weighted by Crippen LogP contribution is 2.25. The van der Waals surface area contributed by atoms with Crippen molar-refractivity contribution < 1.29 is 9.53 Å². The molecule has 0 atom stereocenters. The smallest absolute Gasteiger partial charge is 0.260 e. The number of likely N-dealkylation sites (N-methyl/N-ethyl adjacent to an activating group) is 1. The fourth-order valence-electron chi connectivity index (χ4n) is 3.23. The predicted octanol–water partition coefficient (Wildman–Crippen LogP) is 4.01. The number of ether oxygens (including phenoxy) is 1. The summed E-state index contributed by atoms with van der Waals surface area (Å²) in [5, 5.41) is 2.19. The van der Waals surface area contributed by atoms with E-state index in [4.69, 9.17) is 4.74 Å². The van der Waals surface area contributed by atoms with Crippen LogP contribution >= 0.6 is 0 Å². The van der Waals surface area contributed by atoms with Gasteiger partial charge in [0.05, 0.1) is 0 Å². The van der Waals surface area contributed by atoms with Crippen LogP contribution in [0.5, 0.6) is 5.75 Å². The van der Waals surface area contributed by atoms with Gasteiger partial charge in [0.1, 0.15) is 5.75 Å². The maximum atomic E-state index is 12.4. The fraction of sp³-hybridized carbons (Fsp3) is 0.421. The van der Waals surface area contributed by atoms with E-state index in [9.17, 15) is 4.79 Å². The van der Waals surface area contributed by atoms with Crippen LogP contribution in [0.4, 0.5) is 0 Å². The highest BCUT2D eigenvalue weighted by atomic mass is 16.5. The maximum absolute atomic E-state index is 12.4. The van der Waals surface area contributed by atoms with Crippen molar-refractivity contribution in [2.24, 2.45) is 0 Å². The molecule has 0 heterocycles. The van der Waals surface area contributed by atoms with Crippen LogP contribution in [0.15, 0.2) is 42.5 Å². The lowest BCUT2D eigenvalue weighted by Crippen LogP contribution is -2.40. The molecule has 1 aliphatic rings. The Morgan fingerprint density at radius 1 is 1.09 bits per heavy atom. The summed E-state index contributed by atoms with van der Waals surface area (Å²) in [6, 6.07) is 14.4. The summed E-state index contributed by atoms with van der Waals surface area (Å²) >= 11 is 0. The third kappa shape index (κ3) is 3.24. The average molecular weight is 297 g/mol. The zero-order valence-electron chi connectivity index (χ0n) is 13.1. The minimum absolute atomic E-state index is 0.0693. The van der Waals surface area contributed by atoms with Gasteiger partial charge in [-0.3, -0.25) is 4.79 Å². The van der Waals surface area contributed by atoms with Crippen molar-refractivity contribution in [2.75, 3.05) is 13.7 Å². The first-order valence-electron chi connectivity index (χ1n) is 8.12. The van der Waals surface area contributed by atoms with Crippen LogP contribution in [0.3, 0.4) is 0 Å². The van der Waals surface area contributed by atoms with Gasteiger partial charge in [0.15, 0.2) is 6.61 Å². The van der Waals surface area contributed by atoms with Gasteiger partial charge in [-0.05, 0) is 24.3 Å². The number of fused-ring (bicyclic) bond motifs is 1. The van der Waals surface area contributed by atoms with Crippen LogP contribution in [-0.2, 0) is 4.79 Å². The summed E-state index contributed by atoms with van der Waals surface area (Å²) in [6.07, 6.45) is 6.00. The predicted molar refractivity (Wildman–Crippen MR) is 89.1 cm³/mol. The van der Waals surface area contributed by atoms with Gasteiger partial charge in [-0.1, -0.05) is 55.7 Å². The molecule has 0 aliphatic heterocycles. The molecule has 1 amide bonds. The second-order valence-corrected chi connectivity index (χ2v) is 6.06. The fourth-order valence-corrected chi connectivity index (χ4v) is 3.23. The molecule has 2 aromatic carbocycles. The summed E-state index contributed by atoms with van der Waals surface area (Å²) in [5.41, 5.74) is 0. The Labute approximate surface area is 131 Å². The van der Waals surface area contributed by atoms with Crippen LogP contribution < -0.4 is 4.74 Å². The number of hydrogen-bond donors (Lipinski definition) is 0. The maximum Gasteiger partial charge on any atom is 0.260 e. The standard InChI is InChI=1S/C19H23NO2/c1-20(16-10-3-2-4-11-16)19(21)14-22-18-13-7-9-15-8-5-6-12-17(15)18/h5-9,12-13,16H,2-4,10-11,14H2,1H3. The molecule has 0 spiro atoms. The third-order valence-electron chi connectivity index (χ3n) is 4.62. The largest absolute Gasteiger partial charge is 0.483 e. The first-order valence-corrected chi connectivity index (χ1v) is 8.12. The van der Waals surface area contributed by atoms with Gasteiger partial charge in [0.2, 0.25) is 0 Å². The van der Waals surface area contributed by atoms with Gasteiger partial charge < -0.3 is 9.64 Å². The first-order chi connectivity index (χ1) is 10.8. The van der Waals surface area contributed by atoms with E-state index in [0.717, 1.165) is 29.4 Å². The molecule has 3 nitrogen and oxygen atoms in total. The molecular formula is C19H23NO2. The van der Waals surface area contributed by atoms with E-state index >= 15 is 0 Å². The molecule has 22 heavy (non-hydrogen) atoms. The lowest BCUT2D eigenvalue weighted by Gasteiger charge is -2.31. The molecule has 0 bridgehead atoms. The molecule has 0 radical (unpaired) electrons. The van der Waals surface area contributed by atoms with E-state index < -0.39 is 0 Å². The molecule has 0 unspecified atom stereocenters. The van der Waals surface area contributed by atoms with Crippen molar-refractivity contribution in [3.63, 3.8) is 0 Å². The van der Waals surface area contributed by atoms with Gasteiger partial charge in [0.25, 0.3) is 5.91 Å². The number of carbonyl (C=O) groups is 1. The SMILES string of the molecule is CN(C(=O)COc1cccc2ccccc12)C1CCCCC1. The Hall–Kier alpha value is -2.03. The minimum atomic E-state index is 0.0693. The molecule has 0 aromatic heterocycles. The van der Waals surface area contributed by atoms with Crippen molar-refractivity contribution >= 4 is 16.7 Å². The lowest BCUT2D eigenvalue weighted by atomic mass is 9.94. The highest BCUT2D eigenvalue weighted by Gasteiger charge is 2.22. The Balaban J connectivity index is 1.64. The quantitative estimate of drug-likeness (QED) is 0.853. The number of hydrogen-bond acceptors (Lipinski definition) is 2.